The molecule has 1 amide bonds. The van der Waals surface area contributed by atoms with Crippen molar-refractivity contribution in [1.29, 1.82) is 0 Å². The van der Waals surface area contributed by atoms with Crippen molar-refractivity contribution in [1.82, 2.24) is 5.06 Å². The highest BCUT2D eigenvalue weighted by atomic mass is 19.1. The zero-order valence-electron chi connectivity index (χ0n) is 8.64. The highest BCUT2D eigenvalue weighted by Gasteiger charge is 2.18. The number of benzene rings is 1. The largest absolute Gasteiger partial charge is 0.280 e. The molecule has 0 saturated heterocycles. The summed E-state index contributed by atoms with van der Waals surface area (Å²) in [5.74, 6) is -1.67. The van der Waals surface area contributed by atoms with Gasteiger partial charge in [-0.2, -0.15) is 0 Å². The maximum Gasteiger partial charge on any atom is 0.280 e. The first-order valence-corrected chi connectivity index (χ1v) is 4.23. The first kappa shape index (κ1) is 12.1. The molecule has 1 aromatic carbocycles. The van der Waals surface area contributed by atoms with Crippen LogP contribution in [0.2, 0.25) is 0 Å². The number of carbonyl (C=O) groups excluding carboxylic acids is 1. The van der Waals surface area contributed by atoms with Crippen molar-refractivity contribution >= 4 is 11.6 Å². The van der Waals surface area contributed by atoms with Gasteiger partial charge in [0.2, 0.25) is 0 Å². The van der Waals surface area contributed by atoms with Gasteiger partial charge in [-0.25, -0.2) is 9.45 Å². The SMILES string of the molecule is CON(C)C(=O)c1ccc([N+](=O)[O-])cc1F. The van der Waals surface area contributed by atoms with Crippen LogP contribution in [0.1, 0.15) is 10.4 Å². The summed E-state index contributed by atoms with van der Waals surface area (Å²) in [7, 11) is 2.56. The number of amides is 1. The standard InChI is InChI=1S/C9H9FN2O4/c1-11(16-2)9(13)7-4-3-6(12(14)15)5-8(7)10/h3-5H,1-2H3. The van der Waals surface area contributed by atoms with E-state index in [4.69, 9.17) is 0 Å². The highest BCUT2D eigenvalue weighted by molar-refractivity contribution is 5.93. The molecule has 1 rings (SSSR count). The van der Waals surface area contributed by atoms with E-state index < -0.39 is 22.3 Å². The van der Waals surface area contributed by atoms with Gasteiger partial charge < -0.3 is 0 Å². The number of nitro groups is 1. The van der Waals surface area contributed by atoms with Gasteiger partial charge in [-0.15, -0.1) is 0 Å². The molecule has 0 radical (unpaired) electrons. The maximum absolute atomic E-state index is 13.4. The van der Waals surface area contributed by atoms with Crippen molar-refractivity contribution in [2.24, 2.45) is 0 Å². The van der Waals surface area contributed by atoms with Gasteiger partial charge in [-0.05, 0) is 6.07 Å². The zero-order valence-corrected chi connectivity index (χ0v) is 8.64. The molecule has 0 heterocycles. The Hall–Kier alpha value is -2.02. The number of hydrogen-bond donors (Lipinski definition) is 0. The smallest absolute Gasteiger partial charge is 0.274 e. The molecule has 6 nitrogen and oxygen atoms in total. The van der Waals surface area contributed by atoms with Crippen LogP contribution in [0.15, 0.2) is 18.2 Å². The van der Waals surface area contributed by atoms with Gasteiger partial charge in [-0.3, -0.25) is 19.7 Å². The van der Waals surface area contributed by atoms with Crippen molar-refractivity contribution in [3.05, 3.63) is 39.7 Å². The zero-order chi connectivity index (χ0) is 12.3. The summed E-state index contributed by atoms with van der Waals surface area (Å²) in [6, 6.07) is 2.79. The molecule has 0 fully saturated rings. The third-order valence-electron chi connectivity index (χ3n) is 1.95. The Labute approximate surface area is 90.3 Å². The highest BCUT2D eigenvalue weighted by Crippen LogP contribution is 2.17. The van der Waals surface area contributed by atoms with Crippen molar-refractivity contribution < 1.29 is 18.9 Å². The van der Waals surface area contributed by atoms with E-state index in [-0.39, 0.29) is 5.56 Å². The molecule has 0 aliphatic carbocycles. The van der Waals surface area contributed by atoms with E-state index in [1.54, 1.807) is 0 Å². The fraction of sp³-hybridized carbons (Fsp3) is 0.222. The lowest BCUT2D eigenvalue weighted by Crippen LogP contribution is -2.26. The molecule has 0 aromatic heterocycles. The predicted molar refractivity (Wildman–Crippen MR) is 52.2 cm³/mol. The Morgan fingerprint density at radius 2 is 2.19 bits per heavy atom. The second kappa shape index (κ2) is 4.67. The summed E-state index contributed by atoms with van der Waals surface area (Å²) in [6.45, 7) is 0. The molecular weight excluding hydrogens is 219 g/mol. The Bertz CT molecular complexity index is 436. The first-order valence-electron chi connectivity index (χ1n) is 4.23. The van der Waals surface area contributed by atoms with E-state index in [0.717, 1.165) is 17.2 Å². The number of hydroxylamine groups is 2. The Kier molecular flexibility index (Phi) is 3.51. The van der Waals surface area contributed by atoms with Gasteiger partial charge in [-0.1, -0.05) is 0 Å². The van der Waals surface area contributed by atoms with Gasteiger partial charge in [0.1, 0.15) is 5.82 Å². The van der Waals surface area contributed by atoms with Gasteiger partial charge in [0.15, 0.2) is 0 Å². The summed E-state index contributed by atoms with van der Waals surface area (Å²) in [5.41, 5.74) is -0.691. The van der Waals surface area contributed by atoms with Crippen LogP contribution in [0.5, 0.6) is 0 Å². The van der Waals surface area contributed by atoms with Crippen LogP contribution in [-0.2, 0) is 4.84 Å². The Morgan fingerprint density at radius 3 is 2.62 bits per heavy atom. The van der Waals surface area contributed by atoms with Crippen molar-refractivity contribution in [3.8, 4) is 0 Å². The minimum Gasteiger partial charge on any atom is -0.274 e. The van der Waals surface area contributed by atoms with Crippen LogP contribution in [-0.4, -0.2) is 30.1 Å². The van der Waals surface area contributed by atoms with Crippen LogP contribution >= 0.6 is 0 Å². The molecule has 0 spiro atoms. The van der Waals surface area contributed by atoms with E-state index in [1.165, 1.54) is 14.2 Å². The lowest BCUT2D eigenvalue weighted by atomic mass is 10.2. The van der Waals surface area contributed by atoms with Crippen LogP contribution in [0.25, 0.3) is 0 Å². The molecule has 0 saturated carbocycles. The monoisotopic (exact) mass is 228 g/mol. The second-order valence-electron chi connectivity index (χ2n) is 2.91. The molecule has 0 aliphatic rings. The molecule has 0 aliphatic heterocycles. The molecule has 86 valence electrons. The second-order valence-corrected chi connectivity index (χ2v) is 2.91. The number of halogens is 1. The third-order valence-corrected chi connectivity index (χ3v) is 1.95. The number of hydrogen-bond acceptors (Lipinski definition) is 4. The quantitative estimate of drug-likeness (QED) is 0.578. The number of nitrogens with zero attached hydrogens (tertiary/aromatic N) is 2. The Balaban J connectivity index is 3.08. The van der Waals surface area contributed by atoms with Crippen LogP contribution in [0.3, 0.4) is 0 Å². The number of rotatable bonds is 3. The van der Waals surface area contributed by atoms with E-state index in [0.29, 0.717) is 6.07 Å². The van der Waals surface area contributed by atoms with E-state index in [9.17, 15) is 19.3 Å². The molecule has 0 unspecified atom stereocenters. The van der Waals surface area contributed by atoms with Crippen molar-refractivity contribution in [3.63, 3.8) is 0 Å². The molecular formula is C9H9FN2O4. The van der Waals surface area contributed by atoms with E-state index >= 15 is 0 Å². The number of nitro benzene ring substituents is 1. The molecule has 7 heteroatoms. The average molecular weight is 228 g/mol. The van der Waals surface area contributed by atoms with Crippen LogP contribution in [0.4, 0.5) is 10.1 Å². The fourth-order valence-electron chi connectivity index (χ4n) is 1.04. The maximum atomic E-state index is 13.4. The third kappa shape index (κ3) is 2.31. The molecule has 0 atom stereocenters. The lowest BCUT2D eigenvalue weighted by molar-refractivity contribution is -0.385. The lowest BCUT2D eigenvalue weighted by Gasteiger charge is -2.13. The summed E-state index contributed by atoms with van der Waals surface area (Å²) < 4.78 is 13.4. The molecule has 16 heavy (non-hydrogen) atoms. The average Bonchev–Trinajstić information content (AvgIpc) is 2.26. The fourth-order valence-corrected chi connectivity index (χ4v) is 1.04. The number of carbonyl (C=O) groups is 1. The summed E-state index contributed by atoms with van der Waals surface area (Å²) in [4.78, 5) is 25.7. The van der Waals surface area contributed by atoms with E-state index in [2.05, 4.69) is 4.84 Å². The van der Waals surface area contributed by atoms with Crippen molar-refractivity contribution in [2.75, 3.05) is 14.2 Å². The topological polar surface area (TPSA) is 72.7 Å². The summed E-state index contributed by atoms with van der Waals surface area (Å²) in [5, 5.41) is 11.2. The van der Waals surface area contributed by atoms with Gasteiger partial charge in [0, 0.05) is 13.1 Å². The summed E-state index contributed by atoms with van der Waals surface area (Å²) in [6.07, 6.45) is 0. The minimum atomic E-state index is -0.955. The first-order chi connectivity index (χ1) is 7.47. The summed E-state index contributed by atoms with van der Waals surface area (Å²) >= 11 is 0. The predicted octanol–water partition coefficient (Wildman–Crippen LogP) is 1.37. The van der Waals surface area contributed by atoms with Crippen LogP contribution < -0.4 is 0 Å². The van der Waals surface area contributed by atoms with Gasteiger partial charge in [0.25, 0.3) is 11.6 Å². The molecule has 0 N–H and O–H groups in total. The van der Waals surface area contributed by atoms with E-state index in [1.807, 2.05) is 0 Å². The molecule has 0 bridgehead atoms. The minimum absolute atomic E-state index is 0.282. The normalized spacial score (nSPS) is 9.94. The van der Waals surface area contributed by atoms with Crippen molar-refractivity contribution in [2.45, 2.75) is 0 Å². The van der Waals surface area contributed by atoms with Crippen LogP contribution in [0, 0.1) is 15.9 Å². The number of non-ortho nitro benzene ring substituents is 1. The Morgan fingerprint density at radius 1 is 1.56 bits per heavy atom. The molecule has 1 aromatic rings. The van der Waals surface area contributed by atoms with Gasteiger partial charge in [0.05, 0.1) is 23.7 Å². The van der Waals surface area contributed by atoms with Gasteiger partial charge >= 0.3 is 0 Å².